The van der Waals surface area contributed by atoms with E-state index in [0.717, 1.165) is 64.3 Å². The second-order valence-electron chi connectivity index (χ2n) is 15.9. The zero-order valence-electron chi connectivity index (χ0n) is 33.7. The van der Waals surface area contributed by atoms with E-state index in [1.165, 1.54) is 62.6 Å². The molecular formula is C55H58N2. The van der Waals surface area contributed by atoms with Crippen LogP contribution in [0.15, 0.2) is 210 Å². The van der Waals surface area contributed by atoms with Gasteiger partial charge in [0.1, 0.15) is 0 Å². The van der Waals surface area contributed by atoms with Crippen molar-refractivity contribution in [2.75, 3.05) is 11.4 Å². The molecule has 57 heavy (non-hydrogen) atoms. The summed E-state index contributed by atoms with van der Waals surface area (Å²) in [5.74, 6) is 1.04. The molecule has 0 amide bonds. The van der Waals surface area contributed by atoms with Crippen LogP contribution in [0, 0.1) is 0 Å². The van der Waals surface area contributed by atoms with Crippen molar-refractivity contribution in [2.45, 2.75) is 89.0 Å². The Labute approximate surface area is 342 Å². The maximum atomic E-state index is 2.68. The molecule has 0 N–H and O–H groups in total. The molecule has 8 rings (SSSR count). The van der Waals surface area contributed by atoms with E-state index in [1.54, 1.807) is 0 Å². The molecule has 0 aliphatic heterocycles. The Morgan fingerprint density at radius 3 is 2.18 bits per heavy atom. The predicted molar refractivity (Wildman–Crippen MR) is 244 cm³/mol. The lowest BCUT2D eigenvalue weighted by atomic mass is 9.85. The highest BCUT2D eigenvalue weighted by Crippen LogP contribution is 2.38. The highest BCUT2D eigenvalue weighted by atomic mass is 15.2. The number of benzene rings is 3. The first-order valence-corrected chi connectivity index (χ1v) is 21.5. The summed E-state index contributed by atoms with van der Waals surface area (Å²) < 4.78 is 0. The third-order valence-corrected chi connectivity index (χ3v) is 12.3. The van der Waals surface area contributed by atoms with E-state index in [0.29, 0.717) is 17.9 Å². The van der Waals surface area contributed by atoms with E-state index < -0.39 is 0 Å². The van der Waals surface area contributed by atoms with Crippen molar-refractivity contribution in [1.29, 1.82) is 0 Å². The molecule has 3 unspecified atom stereocenters. The fraction of sp³-hybridized carbons (Fsp3) is 0.273. The summed E-state index contributed by atoms with van der Waals surface area (Å²) in [5.41, 5.74) is 13.8. The molecule has 0 aromatic heterocycles. The van der Waals surface area contributed by atoms with Gasteiger partial charge in [-0.15, -0.1) is 0 Å². The fourth-order valence-corrected chi connectivity index (χ4v) is 9.12. The zero-order valence-corrected chi connectivity index (χ0v) is 33.7. The normalized spacial score (nSPS) is 22.1. The molecule has 0 saturated carbocycles. The molecule has 3 aromatic rings. The summed E-state index contributed by atoms with van der Waals surface area (Å²) >= 11 is 0. The van der Waals surface area contributed by atoms with E-state index in [4.69, 9.17) is 0 Å². The highest BCUT2D eigenvalue weighted by Gasteiger charge is 2.26. The Morgan fingerprint density at radius 1 is 0.684 bits per heavy atom. The van der Waals surface area contributed by atoms with Crippen molar-refractivity contribution in [3.05, 3.63) is 227 Å². The molecule has 0 spiro atoms. The molecule has 0 bridgehead atoms. The van der Waals surface area contributed by atoms with E-state index in [2.05, 4.69) is 199 Å². The van der Waals surface area contributed by atoms with Crippen LogP contribution in [-0.4, -0.2) is 17.5 Å². The number of rotatable bonds is 13. The van der Waals surface area contributed by atoms with Crippen LogP contribution in [0.5, 0.6) is 0 Å². The van der Waals surface area contributed by atoms with Gasteiger partial charge in [0, 0.05) is 35.2 Å². The van der Waals surface area contributed by atoms with Crippen LogP contribution in [0.1, 0.15) is 99.7 Å². The highest BCUT2D eigenvalue weighted by molar-refractivity contribution is 5.74. The Kier molecular flexibility index (Phi) is 12.8. The standard InChI is InChI=1S/C55H58N2/c1-2-16-43(44-17-7-3-8-18-44)25-15-42-56(51-32-26-48(27-33-51)45-19-9-4-10-20-45)52-38-40-55(41-39-52)57(53-34-28-49(29-35-53)46-21-11-5-12-22-46)54-36-30-50(31-37-54)47-23-13-6-14-24-47/h3-13,15-21,23,25,28-30,32,34-36,38,40-41,46,48,52H,2,14,22,24,26-27,31,33,37,39,42H2,1H3/b25-15-,43-16+. The third kappa shape index (κ3) is 9.51. The van der Waals surface area contributed by atoms with Crippen LogP contribution in [0.4, 0.5) is 5.69 Å². The monoisotopic (exact) mass is 746 g/mol. The number of hydrogen-bond acceptors (Lipinski definition) is 2. The molecule has 0 radical (unpaired) electrons. The first-order valence-electron chi connectivity index (χ1n) is 21.5. The molecule has 288 valence electrons. The molecular weight excluding hydrogens is 689 g/mol. The summed E-state index contributed by atoms with van der Waals surface area (Å²) in [4.78, 5) is 5.22. The minimum Gasteiger partial charge on any atom is -0.365 e. The topological polar surface area (TPSA) is 6.48 Å². The van der Waals surface area contributed by atoms with Gasteiger partial charge in [-0.05, 0) is 128 Å². The van der Waals surface area contributed by atoms with Crippen molar-refractivity contribution in [1.82, 2.24) is 4.90 Å². The summed E-state index contributed by atoms with van der Waals surface area (Å²) in [6, 6.07) is 31.6. The number of anilines is 1. The average molecular weight is 747 g/mol. The van der Waals surface area contributed by atoms with Crippen LogP contribution in [-0.2, 0) is 0 Å². The smallest absolute Gasteiger partial charge is 0.0512 e. The quantitative estimate of drug-likeness (QED) is 0.161. The molecule has 5 aliphatic rings. The van der Waals surface area contributed by atoms with E-state index >= 15 is 0 Å². The van der Waals surface area contributed by atoms with Crippen LogP contribution >= 0.6 is 0 Å². The Hall–Kier alpha value is -5.60. The molecule has 3 aromatic carbocycles. The second kappa shape index (κ2) is 19.0. The van der Waals surface area contributed by atoms with Gasteiger partial charge in [-0.2, -0.15) is 0 Å². The minimum atomic E-state index is 0.293. The van der Waals surface area contributed by atoms with Gasteiger partial charge in [-0.1, -0.05) is 165 Å². The Morgan fingerprint density at radius 2 is 1.51 bits per heavy atom. The van der Waals surface area contributed by atoms with Gasteiger partial charge < -0.3 is 9.80 Å². The fourth-order valence-electron chi connectivity index (χ4n) is 9.12. The summed E-state index contributed by atoms with van der Waals surface area (Å²) in [6.45, 7) is 3.11. The average Bonchev–Trinajstić information content (AvgIpc) is 3.30. The van der Waals surface area contributed by atoms with Gasteiger partial charge in [0.2, 0.25) is 0 Å². The van der Waals surface area contributed by atoms with Crippen molar-refractivity contribution in [3.63, 3.8) is 0 Å². The van der Waals surface area contributed by atoms with Crippen molar-refractivity contribution >= 4 is 11.3 Å². The van der Waals surface area contributed by atoms with Gasteiger partial charge in [0.25, 0.3) is 0 Å². The molecule has 3 atom stereocenters. The number of nitrogens with zero attached hydrogens (tertiary/aromatic N) is 2. The lowest BCUT2D eigenvalue weighted by molar-refractivity contribution is 0.297. The van der Waals surface area contributed by atoms with E-state index in [-0.39, 0.29) is 0 Å². The van der Waals surface area contributed by atoms with Gasteiger partial charge in [-0.3, -0.25) is 0 Å². The van der Waals surface area contributed by atoms with Gasteiger partial charge in [0.05, 0.1) is 6.04 Å². The molecule has 5 aliphatic carbocycles. The zero-order chi connectivity index (χ0) is 38.7. The van der Waals surface area contributed by atoms with Gasteiger partial charge in [-0.25, -0.2) is 0 Å². The van der Waals surface area contributed by atoms with Crippen molar-refractivity contribution in [2.24, 2.45) is 0 Å². The van der Waals surface area contributed by atoms with Crippen LogP contribution in [0.3, 0.4) is 0 Å². The largest absolute Gasteiger partial charge is 0.365 e. The molecule has 0 fully saturated rings. The lowest BCUT2D eigenvalue weighted by Gasteiger charge is -2.38. The predicted octanol–water partition coefficient (Wildman–Crippen LogP) is 14.4. The maximum absolute atomic E-state index is 2.68. The van der Waals surface area contributed by atoms with Crippen LogP contribution < -0.4 is 4.90 Å². The summed E-state index contributed by atoms with van der Waals surface area (Å²) in [5, 5.41) is 0. The Bertz CT molecular complexity index is 2180. The van der Waals surface area contributed by atoms with Gasteiger partial charge >= 0.3 is 0 Å². The molecule has 2 nitrogen and oxygen atoms in total. The maximum Gasteiger partial charge on any atom is 0.0512 e. The molecule has 2 heteroatoms. The van der Waals surface area contributed by atoms with E-state index in [9.17, 15) is 0 Å². The second-order valence-corrected chi connectivity index (χ2v) is 15.9. The summed E-state index contributed by atoms with van der Waals surface area (Å²) in [7, 11) is 0. The SMILES string of the molecule is CC/C=C(\C=C/CN(C1=CCC(c2ccccc2)CC1)C1C=CC(N(C2=CC=C(C3=CC=CCC3)CC2)c2ccc(C3C=CC=CC3)cc2)=CC1)c1ccccc1. The Balaban J connectivity index is 1.07. The number of hydrogen-bond donors (Lipinski definition) is 0. The van der Waals surface area contributed by atoms with Crippen molar-refractivity contribution in [3.8, 4) is 0 Å². The summed E-state index contributed by atoms with van der Waals surface area (Å²) in [6.07, 6.45) is 48.4. The first-order chi connectivity index (χ1) is 28.2. The van der Waals surface area contributed by atoms with Crippen molar-refractivity contribution < 1.29 is 0 Å². The molecule has 0 saturated heterocycles. The first kappa shape index (κ1) is 38.3. The number of allylic oxidation sites excluding steroid dienone is 18. The lowest BCUT2D eigenvalue weighted by Crippen LogP contribution is -2.36. The van der Waals surface area contributed by atoms with Crippen LogP contribution in [0.2, 0.25) is 0 Å². The minimum absolute atomic E-state index is 0.293. The third-order valence-electron chi connectivity index (χ3n) is 12.3. The van der Waals surface area contributed by atoms with Gasteiger partial charge in [0.15, 0.2) is 0 Å². The molecule has 0 heterocycles. The van der Waals surface area contributed by atoms with Crippen LogP contribution in [0.25, 0.3) is 5.57 Å². The van der Waals surface area contributed by atoms with E-state index in [1.807, 2.05) is 0 Å².